The Bertz CT molecular complexity index is 499. The Labute approximate surface area is 112 Å². The van der Waals surface area contributed by atoms with Gasteiger partial charge in [0.2, 0.25) is 0 Å². The van der Waals surface area contributed by atoms with Crippen LogP contribution < -0.4 is 3.32 Å². The molecule has 5 nitrogen and oxygen atoms in total. The summed E-state index contributed by atoms with van der Waals surface area (Å²) >= 11 is -2.82. The molecule has 0 fully saturated rings. The van der Waals surface area contributed by atoms with Crippen molar-refractivity contribution in [2.75, 3.05) is 13.6 Å². The number of aliphatic hydroxyl groups is 2. The summed E-state index contributed by atoms with van der Waals surface area (Å²) in [6, 6.07) is 13.5. The fraction of sp³-hybridized carbons (Fsp3) is 0.167. The van der Waals surface area contributed by atoms with Crippen LogP contribution in [0.4, 0.5) is 0 Å². The van der Waals surface area contributed by atoms with Gasteiger partial charge in [-0.15, -0.1) is 0 Å². The van der Waals surface area contributed by atoms with E-state index in [1.807, 2.05) is 36.4 Å². The van der Waals surface area contributed by atoms with Gasteiger partial charge in [-0.25, -0.2) is 0 Å². The number of benzene rings is 2. The molecule has 2 aromatic carbocycles. The molecule has 95 valence electrons. The van der Waals surface area contributed by atoms with Crippen molar-refractivity contribution < 1.29 is 39.2 Å². The maximum absolute atomic E-state index is 8.69. The third-order valence-corrected chi connectivity index (χ3v) is 4.05. The normalized spacial score (nSPS) is 10.6. The number of rotatable bonds is 6. The molecule has 0 aliphatic heterocycles. The van der Waals surface area contributed by atoms with Crippen molar-refractivity contribution in [1.82, 2.24) is 0 Å². The van der Waals surface area contributed by atoms with Crippen LogP contribution in [0.15, 0.2) is 42.5 Å². The molecule has 0 amide bonds. The molecule has 0 atom stereocenters. The number of hydrogen-bond acceptors (Lipinski definition) is 5. The summed E-state index contributed by atoms with van der Waals surface area (Å²) in [6.07, 6.45) is 0. The van der Waals surface area contributed by atoms with Crippen molar-refractivity contribution in [3.8, 4) is 5.75 Å². The fourth-order valence-electron chi connectivity index (χ4n) is 1.53. The van der Waals surface area contributed by atoms with Crippen LogP contribution in [0.2, 0.25) is 0 Å². The topological polar surface area (TPSA) is 68.2 Å². The van der Waals surface area contributed by atoms with E-state index in [4.69, 9.17) is 20.2 Å². The van der Waals surface area contributed by atoms with Crippen molar-refractivity contribution >= 4 is 10.8 Å². The van der Waals surface area contributed by atoms with Crippen molar-refractivity contribution in [2.24, 2.45) is 0 Å². The van der Waals surface area contributed by atoms with Crippen LogP contribution in [0.25, 0.3) is 10.8 Å². The van der Waals surface area contributed by atoms with Crippen LogP contribution in [-0.4, -0.2) is 23.8 Å². The quantitative estimate of drug-likeness (QED) is 0.622. The van der Waals surface area contributed by atoms with Crippen LogP contribution in [0.1, 0.15) is 0 Å². The zero-order valence-electron chi connectivity index (χ0n) is 9.57. The van der Waals surface area contributed by atoms with Crippen LogP contribution in [-0.2, 0) is 25.7 Å². The predicted molar refractivity (Wildman–Crippen MR) is 60.9 cm³/mol. The predicted octanol–water partition coefficient (Wildman–Crippen LogP) is 1.51. The molecule has 18 heavy (non-hydrogen) atoms. The number of aliphatic hydroxyl groups excluding tert-OH is 2. The second kappa shape index (κ2) is 6.85. The third kappa shape index (κ3) is 3.52. The van der Waals surface area contributed by atoms with E-state index in [1.165, 1.54) is 0 Å². The van der Waals surface area contributed by atoms with Gasteiger partial charge in [-0.2, -0.15) is 0 Å². The summed E-state index contributed by atoms with van der Waals surface area (Å²) in [4.78, 5) is 0. The van der Waals surface area contributed by atoms with Crippen molar-refractivity contribution in [3.63, 3.8) is 0 Å². The van der Waals surface area contributed by atoms with Crippen LogP contribution >= 0.6 is 0 Å². The molecular formula is C12H13O5Ti. The SMILES string of the molecule is OC[O][Ti]([O]CO)[O]c1ccc2ccccc2c1. The maximum atomic E-state index is 8.69. The van der Waals surface area contributed by atoms with Gasteiger partial charge in [-0.3, -0.25) is 0 Å². The number of hydrogen-bond donors (Lipinski definition) is 2. The molecule has 2 aromatic rings. The molecule has 0 radical (unpaired) electrons. The fourth-order valence-corrected chi connectivity index (χ4v) is 2.68. The summed E-state index contributed by atoms with van der Waals surface area (Å²) in [6.45, 7) is -0.966. The van der Waals surface area contributed by atoms with Gasteiger partial charge in [0.15, 0.2) is 0 Å². The zero-order valence-corrected chi connectivity index (χ0v) is 11.1. The van der Waals surface area contributed by atoms with E-state index < -0.39 is 32.6 Å². The minimum absolute atomic E-state index is 0.483. The Morgan fingerprint density at radius 1 is 0.889 bits per heavy atom. The van der Waals surface area contributed by atoms with E-state index in [-0.39, 0.29) is 0 Å². The molecular weight excluding hydrogens is 272 g/mol. The van der Waals surface area contributed by atoms with Crippen molar-refractivity contribution in [2.45, 2.75) is 0 Å². The first-order chi connectivity index (χ1) is 8.83. The van der Waals surface area contributed by atoms with Crippen LogP contribution in [0, 0.1) is 0 Å². The van der Waals surface area contributed by atoms with Crippen molar-refractivity contribution in [3.05, 3.63) is 42.5 Å². The second-order valence-electron chi connectivity index (χ2n) is 3.41. The molecule has 0 aromatic heterocycles. The van der Waals surface area contributed by atoms with Gasteiger partial charge in [0.25, 0.3) is 0 Å². The molecule has 0 spiro atoms. The molecule has 0 saturated carbocycles. The van der Waals surface area contributed by atoms with Gasteiger partial charge in [-0.05, 0) is 0 Å². The van der Waals surface area contributed by atoms with E-state index in [0.717, 1.165) is 10.8 Å². The summed E-state index contributed by atoms with van der Waals surface area (Å²) in [5.41, 5.74) is 0. The van der Waals surface area contributed by atoms with Gasteiger partial charge in [0, 0.05) is 0 Å². The molecule has 0 bridgehead atoms. The minimum atomic E-state index is -2.82. The average molecular weight is 285 g/mol. The number of fused-ring (bicyclic) bond motifs is 1. The Hall–Kier alpha value is -0.946. The molecule has 0 unspecified atom stereocenters. The van der Waals surface area contributed by atoms with E-state index in [0.29, 0.717) is 5.75 Å². The van der Waals surface area contributed by atoms with Gasteiger partial charge in [0.1, 0.15) is 0 Å². The zero-order chi connectivity index (χ0) is 12.8. The standard InChI is InChI=1S/C10H8O.2CH3O2.Ti/c11-10-6-5-8-3-1-2-4-9(8)7-10;2*2-1-3;/h1-7,11H;2*2H,1H2;/q;2*-1;+3/p-1. The van der Waals surface area contributed by atoms with Crippen LogP contribution in [0.3, 0.4) is 0 Å². The monoisotopic (exact) mass is 285 g/mol. The van der Waals surface area contributed by atoms with Gasteiger partial charge >= 0.3 is 112 Å². The van der Waals surface area contributed by atoms with E-state index in [9.17, 15) is 0 Å². The van der Waals surface area contributed by atoms with Crippen molar-refractivity contribution in [1.29, 1.82) is 0 Å². The average Bonchev–Trinajstić information content (AvgIpc) is 2.39. The summed E-state index contributed by atoms with van der Waals surface area (Å²) in [5, 5.41) is 19.5. The second-order valence-corrected chi connectivity index (χ2v) is 5.41. The first-order valence-electron chi connectivity index (χ1n) is 5.34. The summed E-state index contributed by atoms with van der Waals surface area (Å²) in [7, 11) is 0. The van der Waals surface area contributed by atoms with Crippen LogP contribution in [0.5, 0.6) is 5.75 Å². The molecule has 2 N–H and O–H groups in total. The molecule has 0 aliphatic carbocycles. The summed E-state index contributed by atoms with van der Waals surface area (Å²) < 4.78 is 15.3. The Kier molecular flexibility index (Phi) is 5.13. The van der Waals surface area contributed by atoms with Gasteiger partial charge < -0.3 is 0 Å². The van der Waals surface area contributed by atoms with E-state index in [2.05, 4.69) is 0 Å². The molecule has 6 heteroatoms. The Morgan fingerprint density at radius 2 is 1.56 bits per heavy atom. The van der Waals surface area contributed by atoms with E-state index >= 15 is 0 Å². The van der Waals surface area contributed by atoms with E-state index in [1.54, 1.807) is 6.07 Å². The van der Waals surface area contributed by atoms with Gasteiger partial charge in [0.05, 0.1) is 0 Å². The molecule has 0 heterocycles. The first-order valence-corrected chi connectivity index (χ1v) is 7.25. The molecule has 0 saturated heterocycles. The third-order valence-electron chi connectivity index (χ3n) is 2.29. The molecule has 2 rings (SSSR count). The Morgan fingerprint density at radius 3 is 2.22 bits per heavy atom. The Balaban J connectivity index is 2.14. The molecule has 0 aliphatic rings. The summed E-state index contributed by atoms with van der Waals surface area (Å²) in [5.74, 6) is 0.602. The first kappa shape index (κ1) is 13.5. The van der Waals surface area contributed by atoms with Gasteiger partial charge in [-0.1, -0.05) is 0 Å².